The predicted octanol–water partition coefficient (Wildman–Crippen LogP) is 3.08. The summed E-state index contributed by atoms with van der Waals surface area (Å²) in [5.74, 6) is 0.831. The standard InChI is InChI=1S/C18H22N2O2.ClH/c19-17(15-8-3-1-4-9-15)14-20-18(21)12-7-13-22-16-10-5-2-6-11-16;/h1-6,8-11,17H,7,12-14,19H2,(H,20,21);1H. The van der Waals surface area contributed by atoms with E-state index in [1.54, 1.807) is 0 Å². The highest BCUT2D eigenvalue weighted by atomic mass is 35.5. The zero-order valence-corrected chi connectivity index (χ0v) is 13.8. The summed E-state index contributed by atoms with van der Waals surface area (Å²) in [6.07, 6.45) is 1.12. The van der Waals surface area contributed by atoms with Crippen LogP contribution in [0.25, 0.3) is 0 Å². The number of hydrogen-bond donors (Lipinski definition) is 2. The van der Waals surface area contributed by atoms with Crippen LogP contribution in [0.4, 0.5) is 0 Å². The Bertz CT molecular complexity index is 564. The summed E-state index contributed by atoms with van der Waals surface area (Å²) in [5.41, 5.74) is 7.06. The Hall–Kier alpha value is -2.04. The summed E-state index contributed by atoms with van der Waals surface area (Å²) >= 11 is 0. The zero-order valence-electron chi connectivity index (χ0n) is 13.0. The molecule has 5 heteroatoms. The Labute approximate surface area is 143 Å². The third kappa shape index (κ3) is 7.17. The molecule has 23 heavy (non-hydrogen) atoms. The average Bonchev–Trinajstić information content (AvgIpc) is 2.58. The van der Waals surface area contributed by atoms with E-state index in [-0.39, 0.29) is 24.4 Å². The number of nitrogens with two attached hydrogens (primary N) is 1. The Kier molecular flexibility index (Phi) is 8.80. The van der Waals surface area contributed by atoms with Crippen LogP contribution in [-0.2, 0) is 4.79 Å². The molecule has 0 heterocycles. The number of amides is 1. The monoisotopic (exact) mass is 334 g/mol. The van der Waals surface area contributed by atoms with Crippen molar-refractivity contribution in [1.29, 1.82) is 0 Å². The number of rotatable bonds is 8. The Morgan fingerprint density at radius 3 is 2.30 bits per heavy atom. The quantitative estimate of drug-likeness (QED) is 0.729. The highest BCUT2D eigenvalue weighted by Gasteiger charge is 2.07. The Balaban J connectivity index is 0.00000264. The predicted molar refractivity (Wildman–Crippen MR) is 94.8 cm³/mol. The maximum Gasteiger partial charge on any atom is 0.220 e. The van der Waals surface area contributed by atoms with Crippen molar-refractivity contribution >= 4 is 18.3 Å². The molecule has 0 radical (unpaired) electrons. The van der Waals surface area contributed by atoms with Gasteiger partial charge in [0.05, 0.1) is 6.61 Å². The van der Waals surface area contributed by atoms with Gasteiger partial charge in [0.15, 0.2) is 0 Å². The molecule has 0 aliphatic rings. The molecule has 0 spiro atoms. The van der Waals surface area contributed by atoms with Crippen molar-refractivity contribution in [1.82, 2.24) is 5.32 Å². The van der Waals surface area contributed by atoms with Gasteiger partial charge in [-0.3, -0.25) is 4.79 Å². The molecule has 0 aromatic heterocycles. The van der Waals surface area contributed by atoms with Crippen LogP contribution in [0, 0.1) is 0 Å². The first kappa shape index (κ1) is 19.0. The third-order valence-electron chi connectivity index (χ3n) is 3.31. The Morgan fingerprint density at radius 1 is 1.04 bits per heavy atom. The van der Waals surface area contributed by atoms with Crippen molar-refractivity contribution in [2.45, 2.75) is 18.9 Å². The molecule has 0 aliphatic carbocycles. The van der Waals surface area contributed by atoms with E-state index in [1.165, 1.54) is 0 Å². The maximum atomic E-state index is 11.8. The fourth-order valence-corrected chi connectivity index (χ4v) is 2.07. The van der Waals surface area contributed by atoms with Crippen LogP contribution in [0.15, 0.2) is 60.7 Å². The summed E-state index contributed by atoms with van der Waals surface area (Å²) in [5, 5.41) is 2.86. The lowest BCUT2D eigenvalue weighted by Crippen LogP contribution is -2.31. The van der Waals surface area contributed by atoms with Crippen LogP contribution >= 0.6 is 12.4 Å². The highest BCUT2D eigenvalue weighted by Crippen LogP contribution is 2.09. The molecule has 0 aliphatic heterocycles. The summed E-state index contributed by atoms with van der Waals surface area (Å²) in [4.78, 5) is 11.8. The molecule has 0 saturated carbocycles. The number of nitrogens with one attached hydrogen (secondary N) is 1. The van der Waals surface area contributed by atoms with Gasteiger partial charge in [-0.25, -0.2) is 0 Å². The minimum Gasteiger partial charge on any atom is -0.494 e. The lowest BCUT2D eigenvalue weighted by molar-refractivity contribution is -0.121. The fourth-order valence-electron chi connectivity index (χ4n) is 2.07. The van der Waals surface area contributed by atoms with Crippen molar-refractivity contribution in [3.8, 4) is 5.75 Å². The first-order chi connectivity index (χ1) is 10.8. The number of ether oxygens (including phenoxy) is 1. The molecule has 4 nitrogen and oxygen atoms in total. The van der Waals surface area contributed by atoms with Crippen LogP contribution < -0.4 is 15.8 Å². The number of carbonyl (C=O) groups is 1. The molecule has 124 valence electrons. The second kappa shape index (κ2) is 10.6. The maximum absolute atomic E-state index is 11.8. The van der Waals surface area contributed by atoms with Gasteiger partial charge in [-0.2, -0.15) is 0 Å². The smallest absolute Gasteiger partial charge is 0.220 e. The van der Waals surface area contributed by atoms with Crippen LogP contribution in [0.5, 0.6) is 5.75 Å². The molecule has 0 bridgehead atoms. The van der Waals surface area contributed by atoms with Crippen LogP contribution in [-0.4, -0.2) is 19.1 Å². The van der Waals surface area contributed by atoms with Gasteiger partial charge >= 0.3 is 0 Å². The molecule has 2 aromatic carbocycles. The number of halogens is 1. The number of carbonyl (C=O) groups excluding carboxylic acids is 1. The molecule has 3 N–H and O–H groups in total. The van der Waals surface area contributed by atoms with Crippen LogP contribution in [0.1, 0.15) is 24.4 Å². The minimum atomic E-state index is -0.175. The van der Waals surface area contributed by atoms with Crippen LogP contribution in [0.2, 0.25) is 0 Å². The molecule has 1 unspecified atom stereocenters. The second-order valence-electron chi connectivity index (χ2n) is 5.09. The molecular weight excluding hydrogens is 312 g/mol. The van der Waals surface area contributed by atoms with E-state index < -0.39 is 0 Å². The van der Waals surface area contributed by atoms with Crippen molar-refractivity contribution < 1.29 is 9.53 Å². The first-order valence-electron chi connectivity index (χ1n) is 7.51. The van der Waals surface area contributed by atoms with Crippen molar-refractivity contribution in [2.75, 3.05) is 13.2 Å². The first-order valence-corrected chi connectivity index (χ1v) is 7.51. The summed E-state index contributed by atoms with van der Waals surface area (Å²) in [6, 6.07) is 19.2. The fraction of sp³-hybridized carbons (Fsp3) is 0.278. The normalized spacial score (nSPS) is 11.2. The molecule has 2 aromatic rings. The van der Waals surface area contributed by atoms with Crippen molar-refractivity contribution in [2.24, 2.45) is 5.73 Å². The van der Waals surface area contributed by atoms with Crippen molar-refractivity contribution in [3.05, 3.63) is 66.2 Å². The third-order valence-corrected chi connectivity index (χ3v) is 3.31. The van der Waals surface area contributed by atoms with E-state index in [0.29, 0.717) is 26.0 Å². The van der Waals surface area contributed by atoms with E-state index in [9.17, 15) is 4.79 Å². The molecule has 0 saturated heterocycles. The average molecular weight is 335 g/mol. The molecule has 2 rings (SSSR count). The number of hydrogen-bond acceptors (Lipinski definition) is 3. The van der Waals surface area contributed by atoms with Crippen molar-refractivity contribution in [3.63, 3.8) is 0 Å². The second-order valence-corrected chi connectivity index (χ2v) is 5.09. The zero-order chi connectivity index (χ0) is 15.6. The molecular formula is C18H23ClN2O2. The van der Waals surface area contributed by atoms with Gasteiger partial charge in [-0.05, 0) is 24.1 Å². The van der Waals surface area contributed by atoms with Gasteiger partial charge in [-0.1, -0.05) is 48.5 Å². The van der Waals surface area contributed by atoms with Crippen LogP contribution in [0.3, 0.4) is 0 Å². The molecule has 1 amide bonds. The summed E-state index contributed by atoms with van der Waals surface area (Å²) in [7, 11) is 0. The largest absolute Gasteiger partial charge is 0.494 e. The van der Waals surface area contributed by atoms with Gasteiger partial charge < -0.3 is 15.8 Å². The van der Waals surface area contributed by atoms with Gasteiger partial charge in [0.2, 0.25) is 5.91 Å². The van der Waals surface area contributed by atoms with E-state index in [0.717, 1.165) is 11.3 Å². The highest BCUT2D eigenvalue weighted by molar-refractivity contribution is 5.85. The van der Waals surface area contributed by atoms with Gasteiger partial charge in [-0.15, -0.1) is 12.4 Å². The minimum absolute atomic E-state index is 0. The van der Waals surface area contributed by atoms with Gasteiger partial charge in [0.1, 0.15) is 5.75 Å². The SMILES string of the molecule is Cl.NC(CNC(=O)CCCOc1ccccc1)c1ccccc1. The van der Waals surface area contributed by atoms with E-state index >= 15 is 0 Å². The topological polar surface area (TPSA) is 64.3 Å². The number of para-hydroxylation sites is 1. The molecule has 0 fully saturated rings. The van der Waals surface area contributed by atoms with E-state index in [1.807, 2.05) is 60.7 Å². The van der Waals surface area contributed by atoms with E-state index in [4.69, 9.17) is 10.5 Å². The number of benzene rings is 2. The van der Waals surface area contributed by atoms with E-state index in [2.05, 4.69) is 5.32 Å². The summed E-state index contributed by atoms with van der Waals surface area (Å²) < 4.78 is 5.55. The summed E-state index contributed by atoms with van der Waals surface area (Å²) in [6.45, 7) is 0.977. The molecule has 1 atom stereocenters. The Morgan fingerprint density at radius 2 is 1.65 bits per heavy atom. The lowest BCUT2D eigenvalue weighted by atomic mass is 10.1. The lowest BCUT2D eigenvalue weighted by Gasteiger charge is -2.13. The van der Waals surface area contributed by atoms with Gasteiger partial charge in [0, 0.05) is 19.0 Å². The van der Waals surface area contributed by atoms with Gasteiger partial charge in [0.25, 0.3) is 0 Å².